The Labute approximate surface area is 136 Å². The van der Waals surface area contributed by atoms with Crippen LogP contribution in [0.2, 0.25) is 0 Å². The first-order valence-electron chi connectivity index (χ1n) is 6.03. The minimum atomic E-state index is -4.69. The minimum Gasteiger partial charge on any atom is -0.206 e. The van der Waals surface area contributed by atoms with E-state index in [4.69, 9.17) is 0 Å². The van der Waals surface area contributed by atoms with Crippen molar-refractivity contribution in [1.29, 1.82) is 0 Å². The molecular formula is C15H10Br2F4. The second kappa shape index (κ2) is 6.48. The van der Waals surface area contributed by atoms with E-state index in [2.05, 4.69) is 31.9 Å². The highest BCUT2D eigenvalue weighted by Gasteiger charge is 2.35. The molecule has 2 rings (SSSR count). The molecule has 6 heteroatoms. The summed E-state index contributed by atoms with van der Waals surface area (Å²) in [6.45, 7) is 0. The van der Waals surface area contributed by atoms with Gasteiger partial charge in [0.1, 0.15) is 5.82 Å². The molecule has 0 aliphatic carbocycles. The summed E-state index contributed by atoms with van der Waals surface area (Å²) in [6.07, 6.45) is -4.31. The third-order valence-electron chi connectivity index (χ3n) is 2.98. The molecule has 0 saturated heterocycles. The highest BCUT2D eigenvalue weighted by molar-refractivity contribution is 9.10. The molecular weight excluding hydrogens is 416 g/mol. The lowest BCUT2D eigenvalue weighted by Gasteiger charge is -2.15. The van der Waals surface area contributed by atoms with Crippen LogP contribution in [-0.2, 0) is 12.6 Å². The van der Waals surface area contributed by atoms with Gasteiger partial charge >= 0.3 is 6.18 Å². The van der Waals surface area contributed by atoms with Gasteiger partial charge in [-0.1, -0.05) is 56.1 Å². The van der Waals surface area contributed by atoms with E-state index in [1.807, 2.05) is 24.3 Å². The predicted molar refractivity (Wildman–Crippen MR) is 80.9 cm³/mol. The second-order valence-electron chi connectivity index (χ2n) is 4.51. The molecule has 1 unspecified atom stereocenters. The van der Waals surface area contributed by atoms with Gasteiger partial charge in [0.15, 0.2) is 0 Å². The Morgan fingerprint density at radius 2 is 1.71 bits per heavy atom. The van der Waals surface area contributed by atoms with Crippen LogP contribution in [0.25, 0.3) is 0 Å². The molecule has 0 radical (unpaired) electrons. The number of alkyl halides is 4. The van der Waals surface area contributed by atoms with Crippen LogP contribution < -0.4 is 0 Å². The van der Waals surface area contributed by atoms with E-state index in [9.17, 15) is 17.6 Å². The standard InChI is InChI=1S/C15H10Br2F4/c16-10-4-1-3-9(7-10)8-13(17)11-5-2-6-12(14(11)18)15(19,20)21/h1-7,13H,8H2. The van der Waals surface area contributed by atoms with E-state index >= 15 is 0 Å². The molecule has 21 heavy (non-hydrogen) atoms. The van der Waals surface area contributed by atoms with Crippen molar-refractivity contribution in [3.8, 4) is 0 Å². The zero-order chi connectivity index (χ0) is 15.6. The van der Waals surface area contributed by atoms with Gasteiger partial charge in [-0.2, -0.15) is 13.2 Å². The molecule has 0 saturated carbocycles. The average molecular weight is 426 g/mol. The predicted octanol–water partition coefficient (Wildman–Crippen LogP) is 6.29. The van der Waals surface area contributed by atoms with E-state index in [-0.39, 0.29) is 5.56 Å². The molecule has 0 nitrogen and oxygen atoms in total. The van der Waals surface area contributed by atoms with Crippen molar-refractivity contribution >= 4 is 31.9 Å². The quantitative estimate of drug-likeness (QED) is 0.400. The van der Waals surface area contributed by atoms with Gasteiger partial charge < -0.3 is 0 Å². The number of rotatable bonds is 3. The molecule has 0 N–H and O–H groups in total. The van der Waals surface area contributed by atoms with Crippen LogP contribution in [0.1, 0.15) is 21.5 Å². The first kappa shape index (κ1) is 16.5. The van der Waals surface area contributed by atoms with Crippen LogP contribution in [-0.4, -0.2) is 0 Å². The molecule has 0 aromatic heterocycles. The fourth-order valence-corrected chi connectivity index (χ4v) is 3.17. The summed E-state index contributed by atoms with van der Waals surface area (Å²) in [7, 11) is 0. The highest BCUT2D eigenvalue weighted by atomic mass is 79.9. The molecule has 0 aliphatic heterocycles. The zero-order valence-electron chi connectivity index (χ0n) is 10.6. The summed E-state index contributed by atoms with van der Waals surface area (Å²) >= 11 is 6.60. The maximum atomic E-state index is 14.0. The normalized spacial score (nSPS) is 13.2. The Hall–Kier alpha value is -0.880. The average Bonchev–Trinajstić information content (AvgIpc) is 2.37. The van der Waals surface area contributed by atoms with E-state index in [0.717, 1.165) is 16.1 Å². The van der Waals surface area contributed by atoms with E-state index < -0.39 is 22.4 Å². The molecule has 0 heterocycles. The Bertz CT molecular complexity index is 638. The highest BCUT2D eigenvalue weighted by Crippen LogP contribution is 2.37. The molecule has 0 spiro atoms. The van der Waals surface area contributed by atoms with Crippen molar-refractivity contribution in [3.63, 3.8) is 0 Å². The maximum absolute atomic E-state index is 14.0. The SMILES string of the molecule is Fc1c(C(Br)Cc2cccc(Br)c2)cccc1C(F)(F)F. The Kier molecular flexibility index (Phi) is 5.09. The fourth-order valence-electron chi connectivity index (χ4n) is 1.99. The fraction of sp³-hybridized carbons (Fsp3) is 0.200. The Balaban J connectivity index is 2.30. The molecule has 112 valence electrons. The van der Waals surface area contributed by atoms with Gasteiger partial charge in [0.05, 0.1) is 5.56 Å². The Morgan fingerprint density at radius 3 is 2.33 bits per heavy atom. The third-order valence-corrected chi connectivity index (χ3v) is 4.29. The van der Waals surface area contributed by atoms with Crippen molar-refractivity contribution in [2.24, 2.45) is 0 Å². The monoisotopic (exact) mass is 424 g/mol. The van der Waals surface area contributed by atoms with Gasteiger partial charge in [-0.3, -0.25) is 0 Å². The summed E-state index contributed by atoms with van der Waals surface area (Å²) in [5.41, 5.74) is -0.341. The zero-order valence-corrected chi connectivity index (χ0v) is 13.8. The molecule has 2 aromatic rings. The van der Waals surface area contributed by atoms with Crippen LogP contribution in [0, 0.1) is 5.82 Å². The van der Waals surface area contributed by atoms with Crippen molar-refractivity contribution in [2.75, 3.05) is 0 Å². The van der Waals surface area contributed by atoms with Crippen molar-refractivity contribution < 1.29 is 17.6 Å². The van der Waals surface area contributed by atoms with Crippen molar-refractivity contribution in [3.05, 3.63) is 69.4 Å². The first-order chi connectivity index (χ1) is 9.79. The summed E-state index contributed by atoms with van der Waals surface area (Å²) in [6, 6.07) is 10.7. The van der Waals surface area contributed by atoms with Gasteiger partial charge in [-0.25, -0.2) is 4.39 Å². The van der Waals surface area contributed by atoms with Crippen molar-refractivity contribution in [1.82, 2.24) is 0 Å². The lowest BCUT2D eigenvalue weighted by Crippen LogP contribution is -2.11. The topological polar surface area (TPSA) is 0 Å². The van der Waals surface area contributed by atoms with Gasteiger partial charge in [-0.15, -0.1) is 0 Å². The molecule has 0 fully saturated rings. The number of hydrogen-bond donors (Lipinski definition) is 0. The van der Waals surface area contributed by atoms with Crippen LogP contribution in [0.4, 0.5) is 17.6 Å². The number of hydrogen-bond acceptors (Lipinski definition) is 0. The summed E-state index contributed by atoms with van der Waals surface area (Å²) in [5.74, 6) is -1.22. The molecule has 2 aromatic carbocycles. The van der Waals surface area contributed by atoms with E-state index in [1.54, 1.807) is 0 Å². The largest absolute Gasteiger partial charge is 0.419 e. The van der Waals surface area contributed by atoms with Gasteiger partial charge in [0, 0.05) is 14.9 Å². The lowest BCUT2D eigenvalue weighted by atomic mass is 10.0. The third kappa shape index (κ3) is 4.07. The molecule has 0 aliphatic rings. The lowest BCUT2D eigenvalue weighted by molar-refractivity contribution is -0.140. The summed E-state index contributed by atoms with van der Waals surface area (Å²) in [5, 5.41) is 0. The molecule has 0 amide bonds. The number of benzene rings is 2. The smallest absolute Gasteiger partial charge is 0.206 e. The van der Waals surface area contributed by atoms with Crippen LogP contribution in [0.15, 0.2) is 46.9 Å². The van der Waals surface area contributed by atoms with E-state index in [0.29, 0.717) is 6.42 Å². The van der Waals surface area contributed by atoms with Crippen molar-refractivity contribution in [2.45, 2.75) is 17.4 Å². The van der Waals surface area contributed by atoms with Gasteiger partial charge in [0.25, 0.3) is 0 Å². The second-order valence-corrected chi connectivity index (χ2v) is 6.53. The number of halogens is 6. The summed E-state index contributed by atoms with van der Waals surface area (Å²) in [4.78, 5) is -0.533. The van der Waals surface area contributed by atoms with E-state index in [1.165, 1.54) is 12.1 Å². The molecule has 0 bridgehead atoms. The van der Waals surface area contributed by atoms with Gasteiger partial charge in [-0.05, 0) is 30.2 Å². The Morgan fingerprint density at radius 1 is 1.05 bits per heavy atom. The molecule has 1 atom stereocenters. The van der Waals surface area contributed by atoms with Crippen LogP contribution in [0.5, 0.6) is 0 Å². The maximum Gasteiger partial charge on any atom is 0.419 e. The van der Waals surface area contributed by atoms with Crippen LogP contribution >= 0.6 is 31.9 Å². The van der Waals surface area contributed by atoms with Gasteiger partial charge in [0.2, 0.25) is 0 Å². The minimum absolute atomic E-state index is 0.00444. The summed E-state index contributed by atoms with van der Waals surface area (Å²) < 4.78 is 53.0. The first-order valence-corrected chi connectivity index (χ1v) is 7.74. The van der Waals surface area contributed by atoms with Crippen LogP contribution in [0.3, 0.4) is 0 Å².